The molecule has 0 bridgehead atoms. The lowest BCUT2D eigenvalue weighted by Gasteiger charge is -2.47. The molecule has 0 spiro atoms. The summed E-state index contributed by atoms with van der Waals surface area (Å²) in [6.07, 6.45) is 0. The van der Waals surface area contributed by atoms with Gasteiger partial charge in [-0.2, -0.15) is 0 Å². The van der Waals surface area contributed by atoms with Gasteiger partial charge in [-0.25, -0.2) is 0 Å². The molecule has 0 radical (unpaired) electrons. The Hall–Kier alpha value is -2.13. The lowest BCUT2D eigenvalue weighted by molar-refractivity contribution is -0.141. The first-order valence-corrected chi connectivity index (χ1v) is 8.28. The minimum Gasteiger partial charge on any atom is -0.480 e. The number of benzene rings is 2. The fourth-order valence-electron chi connectivity index (χ4n) is 4.04. The number of aliphatic carboxylic acids is 1. The van der Waals surface area contributed by atoms with Crippen molar-refractivity contribution in [1.82, 2.24) is 0 Å². The Kier molecular flexibility index (Phi) is 5.14. The van der Waals surface area contributed by atoms with Crippen LogP contribution >= 0.6 is 0 Å². The zero-order valence-electron chi connectivity index (χ0n) is 14.9. The summed E-state index contributed by atoms with van der Waals surface area (Å²) in [5.41, 5.74) is 7.59. The van der Waals surface area contributed by atoms with Crippen molar-refractivity contribution in [2.24, 2.45) is 11.7 Å². The van der Waals surface area contributed by atoms with Gasteiger partial charge in [0.25, 0.3) is 0 Å². The number of rotatable bonds is 6. The summed E-state index contributed by atoms with van der Waals surface area (Å²) in [5, 5.41) is 9.65. The molecular formula is C21H27NO2. The topological polar surface area (TPSA) is 63.3 Å². The van der Waals surface area contributed by atoms with E-state index >= 15 is 0 Å². The number of carbonyl (C=O) groups is 1. The molecule has 0 amide bonds. The molecule has 1 unspecified atom stereocenters. The van der Waals surface area contributed by atoms with E-state index in [2.05, 4.69) is 27.7 Å². The molecule has 0 heterocycles. The molecule has 2 aromatic rings. The van der Waals surface area contributed by atoms with E-state index in [4.69, 9.17) is 5.73 Å². The number of hydrogen-bond donors (Lipinski definition) is 2. The minimum absolute atomic E-state index is 0.285. The number of carboxylic acid groups (broad SMARTS) is 1. The van der Waals surface area contributed by atoms with Crippen LogP contribution in [0.1, 0.15) is 38.8 Å². The second-order valence-electron chi connectivity index (χ2n) is 7.52. The van der Waals surface area contributed by atoms with Gasteiger partial charge in [0.1, 0.15) is 6.04 Å². The van der Waals surface area contributed by atoms with Gasteiger partial charge in [0.05, 0.1) is 0 Å². The predicted molar refractivity (Wildman–Crippen MR) is 98.0 cm³/mol. The van der Waals surface area contributed by atoms with Gasteiger partial charge in [-0.3, -0.25) is 4.79 Å². The average molecular weight is 325 g/mol. The van der Waals surface area contributed by atoms with Crippen molar-refractivity contribution in [3.05, 3.63) is 71.8 Å². The van der Waals surface area contributed by atoms with Gasteiger partial charge in [0.15, 0.2) is 0 Å². The molecule has 0 aliphatic heterocycles. The molecule has 128 valence electrons. The molecule has 0 saturated heterocycles. The molecule has 24 heavy (non-hydrogen) atoms. The van der Waals surface area contributed by atoms with E-state index in [0.29, 0.717) is 0 Å². The van der Waals surface area contributed by atoms with E-state index in [1.165, 1.54) is 0 Å². The van der Waals surface area contributed by atoms with Crippen molar-refractivity contribution in [2.45, 2.75) is 44.6 Å². The van der Waals surface area contributed by atoms with E-state index in [9.17, 15) is 9.90 Å². The lowest BCUT2D eigenvalue weighted by atomic mass is 9.57. The summed E-state index contributed by atoms with van der Waals surface area (Å²) in [6, 6.07) is 19.1. The van der Waals surface area contributed by atoms with Crippen molar-refractivity contribution in [2.75, 3.05) is 0 Å². The third kappa shape index (κ3) is 3.36. The van der Waals surface area contributed by atoms with Crippen LogP contribution in [0.5, 0.6) is 0 Å². The highest BCUT2D eigenvalue weighted by molar-refractivity contribution is 5.74. The Labute approximate surface area is 144 Å². The van der Waals surface area contributed by atoms with Gasteiger partial charge >= 0.3 is 5.97 Å². The van der Waals surface area contributed by atoms with E-state index < -0.39 is 22.8 Å². The fraction of sp³-hybridized carbons (Fsp3) is 0.381. The van der Waals surface area contributed by atoms with Crippen LogP contribution in [0.3, 0.4) is 0 Å². The van der Waals surface area contributed by atoms with E-state index in [1.807, 2.05) is 60.7 Å². The number of carboxylic acids is 1. The normalized spacial score (nSPS) is 13.8. The molecule has 3 N–H and O–H groups in total. The standard InChI is InChI=1S/C21H27NO2/c1-20(2,15-11-7-5-8-12-15)18(17(22)19(23)24)21(3,4)16-13-9-6-10-14-16/h5-14,17-18H,22H2,1-4H3,(H,23,24). The van der Waals surface area contributed by atoms with Crippen LogP contribution in [-0.4, -0.2) is 17.1 Å². The first kappa shape index (κ1) is 18.2. The summed E-state index contributed by atoms with van der Waals surface area (Å²) < 4.78 is 0. The molecule has 1 atom stereocenters. The molecule has 0 fully saturated rings. The van der Waals surface area contributed by atoms with E-state index in [0.717, 1.165) is 11.1 Å². The summed E-state index contributed by atoms with van der Waals surface area (Å²) in [7, 11) is 0. The van der Waals surface area contributed by atoms with Gasteiger partial charge in [-0.15, -0.1) is 0 Å². The minimum atomic E-state index is -0.965. The maximum atomic E-state index is 11.8. The average Bonchev–Trinajstić information content (AvgIpc) is 2.56. The molecular weight excluding hydrogens is 298 g/mol. The van der Waals surface area contributed by atoms with Crippen LogP contribution in [0.4, 0.5) is 0 Å². The monoisotopic (exact) mass is 325 g/mol. The zero-order chi connectivity index (χ0) is 18.0. The van der Waals surface area contributed by atoms with Crippen molar-refractivity contribution >= 4 is 5.97 Å². The SMILES string of the molecule is CC(C)(c1ccccc1)C(C(N)C(=O)O)C(C)(C)c1ccccc1. The van der Waals surface area contributed by atoms with Crippen LogP contribution in [0, 0.1) is 5.92 Å². The van der Waals surface area contributed by atoms with Crippen molar-refractivity contribution in [1.29, 1.82) is 0 Å². The van der Waals surface area contributed by atoms with Gasteiger partial charge in [-0.1, -0.05) is 88.4 Å². The molecule has 0 aliphatic carbocycles. The van der Waals surface area contributed by atoms with Crippen LogP contribution in [-0.2, 0) is 15.6 Å². The third-order valence-electron chi connectivity index (χ3n) is 5.23. The van der Waals surface area contributed by atoms with Crippen LogP contribution in [0.15, 0.2) is 60.7 Å². The first-order chi connectivity index (χ1) is 11.2. The predicted octanol–water partition coefficient (Wildman–Crippen LogP) is 3.97. The molecule has 3 nitrogen and oxygen atoms in total. The number of nitrogens with two attached hydrogens (primary N) is 1. The van der Waals surface area contributed by atoms with Gasteiger partial charge in [-0.05, 0) is 22.0 Å². The highest BCUT2D eigenvalue weighted by Crippen LogP contribution is 2.45. The maximum Gasteiger partial charge on any atom is 0.320 e. The van der Waals surface area contributed by atoms with Crippen molar-refractivity contribution < 1.29 is 9.90 Å². The van der Waals surface area contributed by atoms with Crippen LogP contribution < -0.4 is 5.73 Å². The van der Waals surface area contributed by atoms with Crippen LogP contribution in [0.2, 0.25) is 0 Å². The Morgan fingerprint density at radius 2 is 1.17 bits per heavy atom. The van der Waals surface area contributed by atoms with Gasteiger partial charge in [0.2, 0.25) is 0 Å². The Morgan fingerprint density at radius 1 is 0.833 bits per heavy atom. The highest BCUT2D eigenvalue weighted by atomic mass is 16.4. The second-order valence-corrected chi connectivity index (χ2v) is 7.52. The van der Waals surface area contributed by atoms with E-state index in [1.54, 1.807) is 0 Å². The number of hydrogen-bond acceptors (Lipinski definition) is 2. The van der Waals surface area contributed by atoms with Gasteiger partial charge in [0, 0.05) is 5.92 Å². The van der Waals surface area contributed by atoms with Gasteiger partial charge < -0.3 is 10.8 Å². The summed E-state index contributed by atoms with van der Waals surface area (Å²) in [4.78, 5) is 11.8. The first-order valence-electron chi connectivity index (χ1n) is 8.28. The zero-order valence-corrected chi connectivity index (χ0v) is 14.9. The molecule has 2 rings (SSSR count). The van der Waals surface area contributed by atoms with E-state index in [-0.39, 0.29) is 5.92 Å². The third-order valence-corrected chi connectivity index (χ3v) is 5.23. The largest absolute Gasteiger partial charge is 0.480 e. The smallest absolute Gasteiger partial charge is 0.320 e. The molecule has 0 aromatic heterocycles. The Morgan fingerprint density at radius 3 is 1.46 bits per heavy atom. The Balaban J connectivity index is 2.59. The van der Waals surface area contributed by atoms with Crippen molar-refractivity contribution in [3.63, 3.8) is 0 Å². The molecule has 3 heteroatoms. The quantitative estimate of drug-likeness (QED) is 0.844. The summed E-state index contributed by atoms with van der Waals surface area (Å²) >= 11 is 0. The fourth-order valence-corrected chi connectivity index (χ4v) is 4.04. The second kappa shape index (κ2) is 6.78. The lowest BCUT2D eigenvalue weighted by Crippen LogP contribution is -2.55. The summed E-state index contributed by atoms with van der Waals surface area (Å²) in [5.74, 6) is -1.25. The maximum absolute atomic E-state index is 11.8. The molecule has 2 aromatic carbocycles. The van der Waals surface area contributed by atoms with Crippen LogP contribution in [0.25, 0.3) is 0 Å². The molecule has 0 saturated carbocycles. The summed E-state index contributed by atoms with van der Waals surface area (Å²) in [6.45, 7) is 8.34. The Bertz CT molecular complexity index is 626. The highest BCUT2D eigenvalue weighted by Gasteiger charge is 2.48. The molecule has 0 aliphatic rings. The van der Waals surface area contributed by atoms with Crippen molar-refractivity contribution in [3.8, 4) is 0 Å².